The molecule has 2 aromatic carbocycles. The molecule has 0 fully saturated rings. The standard InChI is InChI=1S/C25H26Cl4N6/c26-16-10-18-22(20(28)12-16)32-14-34-24(18)30-8-6-4-2-1-3-5-7-9-31-25-19-11-17(27)13-21(29)23(19)33-15-35-25/h10-15H,1-9H2,(H,30,32,34)(H,31,33,35). The van der Waals surface area contributed by atoms with Gasteiger partial charge < -0.3 is 10.6 Å². The van der Waals surface area contributed by atoms with Crippen LogP contribution in [0.2, 0.25) is 20.1 Å². The molecule has 0 aliphatic carbocycles. The van der Waals surface area contributed by atoms with Crippen LogP contribution in [0, 0.1) is 0 Å². The highest BCUT2D eigenvalue weighted by Crippen LogP contribution is 2.30. The first kappa shape index (κ1) is 26.0. The molecule has 2 heterocycles. The number of aromatic nitrogens is 4. The van der Waals surface area contributed by atoms with E-state index in [0.29, 0.717) is 31.1 Å². The average molecular weight is 552 g/mol. The third-order valence-electron chi connectivity index (χ3n) is 5.75. The largest absolute Gasteiger partial charge is 0.369 e. The normalized spacial score (nSPS) is 11.3. The lowest BCUT2D eigenvalue weighted by Crippen LogP contribution is -2.05. The molecule has 0 unspecified atom stereocenters. The van der Waals surface area contributed by atoms with Crippen LogP contribution in [0.25, 0.3) is 21.8 Å². The lowest BCUT2D eigenvalue weighted by atomic mass is 10.1. The Balaban J connectivity index is 1.10. The van der Waals surface area contributed by atoms with Crippen molar-refractivity contribution < 1.29 is 0 Å². The van der Waals surface area contributed by atoms with E-state index in [1.54, 1.807) is 12.1 Å². The topological polar surface area (TPSA) is 75.6 Å². The van der Waals surface area contributed by atoms with Crippen molar-refractivity contribution in [1.29, 1.82) is 0 Å². The molecular formula is C25H26Cl4N6. The molecule has 0 aliphatic heterocycles. The molecule has 2 aromatic heterocycles. The van der Waals surface area contributed by atoms with Crippen molar-refractivity contribution >= 4 is 79.8 Å². The van der Waals surface area contributed by atoms with Crippen LogP contribution < -0.4 is 10.6 Å². The highest BCUT2D eigenvalue weighted by molar-refractivity contribution is 6.39. The van der Waals surface area contributed by atoms with Crippen LogP contribution in [0.4, 0.5) is 11.6 Å². The van der Waals surface area contributed by atoms with Gasteiger partial charge in [-0.25, -0.2) is 19.9 Å². The van der Waals surface area contributed by atoms with E-state index in [0.717, 1.165) is 48.3 Å². The first-order valence-corrected chi connectivity index (χ1v) is 13.2. The molecule has 0 saturated carbocycles. The molecule has 6 nitrogen and oxygen atoms in total. The van der Waals surface area contributed by atoms with E-state index in [1.807, 2.05) is 12.1 Å². The second kappa shape index (κ2) is 12.7. The number of nitrogens with one attached hydrogen (secondary N) is 2. The molecule has 10 heteroatoms. The maximum Gasteiger partial charge on any atom is 0.137 e. The van der Waals surface area contributed by atoms with Crippen molar-refractivity contribution in [2.45, 2.75) is 44.9 Å². The van der Waals surface area contributed by atoms with E-state index in [-0.39, 0.29) is 0 Å². The highest BCUT2D eigenvalue weighted by Gasteiger charge is 2.09. The van der Waals surface area contributed by atoms with Gasteiger partial charge >= 0.3 is 0 Å². The summed E-state index contributed by atoms with van der Waals surface area (Å²) in [6.07, 6.45) is 11.2. The molecule has 0 spiro atoms. The molecule has 0 bridgehead atoms. The van der Waals surface area contributed by atoms with Gasteiger partial charge in [-0.05, 0) is 37.1 Å². The number of anilines is 2. The molecule has 2 N–H and O–H groups in total. The van der Waals surface area contributed by atoms with Gasteiger partial charge in [0.05, 0.1) is 21.1 Å². The molecule has 35 heavy (non-hydrogen) atoms. The predicted octanol–water partition coefficient (Wildman–Crippen LogP) is 8.44. The summed E-state index contributed by atoms with van der Waals surface area (Å²) in [5.74, 6) is 1.54. The summed E-state index contributed by atoms with van der Waals surface area (Å²) in [6.45, 7) is 1.70. The van der Waals surface area contributed by atoms with Crippen molar-refractivity contribution in [2.24, 2.45) is 0 Å². The predicted molar refractivity (Wildman–Crippen MR) is 148 cm³/mol. The number of fused-ring (bicyclic) bond motifs is 2. The number of rotatable bonds is 12. The molecule has 0 radical (unpaired) electrons. The van der Waals surface area contributed by atoms with Gasteiger partial charge in [-0.3, -0.25) is 0 Å². The highest BCUT2D eigenvalue weighted by atomic mass is 35.5. The Hall–Kier alpha value is -2.12. The SMILES string of the molecule is Clc1cc(Cl)c2ncnc(NCCCCCCCCCNc3ncnc4c(Cl)cc(Cl)cc34)c2c1. The van der Waals surface area contributed by atoms with E-state index in [9.17, 15) is 0 Å². The minimum Gasteiger partial charge on any atom is -0.369 e. The Labute approximate surface area is 224 Å². The minimum absolute atomic E-state index is 0.535. The third-order valence-corrected chi connectivity index (χ3v) is 6.77. The molecule has 184 valence electrons. The number of benzene rings is 2. The van der Waals surface area contributed by atoms with E-state index in [4.69, 9.17) is 46.4 Å². The summed E-state index contributed by atoms with van der Waals surface area (Å²) in [4.78, 5) is 17.2. The fourth-order valence-electron chi connectivity index (χ4n) is 4.01. The van der Waals surface area contributed by atoms with E-state index >= 15 is 0 Å². The van der Waals surface area contributed by atoms with Crippen LogP contribution in [0.1, 0.15) is 44.9 Å². The Kier molecular flexibility index (Phi) is 9.44. The zero-order valence-corrected chi connectivity index (χ0v) is 22.2. The maximum absolute atomic E-state index is 6.24. The first-order chi connectivity index (χ1) is 17.0. The van der Waals surface area contributed by atoms with Gasteiger partial charge in [0, 0.05) is 33.9 Å². The second-order valence-electron chi connectivity index (χ2n) is 8.34. The molecule has 4 rings (SSSR count). The number of halogens is 4. The van der Waals surface area contributed by atoms with E-state index in [2.05, 4.69) is 30.6 Å². The van der Waals surface area contributed by atoms with Crippen molar-refractivity contribution in [3.8, 4) is 0 Å². The van der Waals surface area contributed by atoms with Crippen molar-refractivity contribution in [2.75, 3.05) is 23.7 Å². The summed E-state index contributed by atoms with van der Waals surface area (Å²) >= 11 is 24.8. The number of hydrogen-bond donors (Lipinski definition) is 2. The lowest BCUT2D eigenvalue weighted by Gasteiger charge is -2.10. The Morgan fingerprint density at radius 3 is 1.34 bits per heavy atom. The van der Waals surface area contributed by atoms with Crippen LogP contribution in [0.3, 0.4) is 0 Å². The van der Waals surface area contributed by atoms with Gasteiger partial charge in [0.2, 0.25) is 0 Å². The smallest absolute Gasteiger partial charge is 0.137 e. The third kappa shape index (κ3) is 6.98. The van der Waals surface area contributed by atoms with Crippen LogP contribution in [-0.4, -0.2) is 33.0 Å². The molecule has 0 aliphatic rings. The van der Waals surface area contributed by atoms with Crippen LogP contribution in [-0.2, 0) is 0 Å². The molecule has 0 saturated heterocycles. The summed E-state index contributed by atoms with van der Waals surface area (Å²) in [5, 5.41) is 10.7. The number of nitrogens with zero attached hydrogens (tertiary/aromatic N) is 4. The zero-order valence-electron chi connectivity index (χ0n) is 19.1. The van der Waals surface area contributed by atoms with Crippen molar-refractivity contribution in [3.63, 3.8) is 0 Å². The molecule has 0 atom stereocenters. The van der Waals surface area contributed by atoms with Gasteiger partial charge in [0.25, 0.3) is 0 Å². The summed E-state index contributed by atoms with van der Waals surface area (Å²) < 4.78 is 0. The van der Waals surface area contributed by atoms with E-state index < -0.39 is 0 Å². The van der Waals surface area contributed by atoms with Crippen LogP contribution >= 0.6 is 46.4 Å². The Morgan fingerprint density at radius 1 is 0.514 bits per heavy atom. The van der Waals surface area contributed by atoms with Gasteiger partial charge in [-0.2, -0.15) is 0 Å². The Bertz CT molecular complexity index is 1200. The average Bonchev–Trinajstić information content (AvgIpc) is 2.83. The number of hydrogen-bond acceptors (Lipinski definition) is 6. The first-order valence-electron chi connectivity index (χ1n) is 11.7. The monoisotopic (exact) mass is 550 g/mol. The fourth-order valence-corrected chi connectivity index (χ4v) is 5.10. The van der Waals surface area contributed by atoms with Crippen LogP contribution in [0.5, 0.6) is 0 Å². The molecular weight excluding hydrogens is 526 g/mol. The van der Waals surface area contributed by atoms with Gasteiger partial charge in [-0.1, -0.05) is 78.5 Å². The second-order valence-corrected chi connectivity index (χ2v) is 10.0. The van der Waals surface area contributed by atoms with Gasteiger partial charge in [0.15, 0.2) is 0 Å². The van der Waals surface area contributed by atoms with Crippen molar-refractivity contribution in [1.82, 2.24) is 19.9 Å². The maximum atomic E-state index is 6.24. The lowest BCUT2D eigenvalue weighted by molar-refractivity contribution is 0.591. The molecule has 0 amide bonds. The van der Waals surface area contributed by atoms with Gasteiger partial charge in [0.1, 0.15) is 24.3 Å². The molecule has 4 aromatic rings. The summed E-state index contributed by atoms with van der Waals surface area (Å²) in [5.41, 5.74) is 1.42. The zero-order chi connectivity index (χ0) is 24.6. The van der Waals surface area contributed by atoms with E-state index in [1.165, 1.54) is 44.8 Å². The fraction of sp³-hybridized carbons (Fsp3) is 0.360. The quantitative estimate of drug-likeness (QED) is 0.172. The van der Waals surface area contributed by atoms with Crippen LogP contribution in [0.15, 0.2) is 36.9 Å². The summed E-state index contributed by atoms with van der Waals surface area (Å²) in [7, 11) is 0. The van der Waals surface area contributed by atoms with Crippen molar-refractivity contribution in [3.05, 3.63) is 57.0 Å². The summed E-state index contributed by atoms with van der Waals surface area (Å²) in [6, 6.07) is 7.08. The van der Waals surface area contributed by atoms with Gasteiger partial charge in [-0.15, -0.1) is 0 Å². The minimum atomic E-state index is 0.535. The number of unbranched alkanes of at least 4 members (excludes halogenated alkanes) is 6. The Morgan fingerprint density at radius 2 is 0.914 bits per heavy atom.